The number of carboxylic acid groups (broad SMARTS) is 1. The number of nitrogens with zero attached hydrogens (tertiary/aromatic N) is 1. The fraction of sp³-hybridized carbons (Fsp3) is 0.588. The van der Waals surface area contributed by atoms with Crippen LogP contribution in [0.15, 0.2) is 42.5 Å². The van der Waals surface area contributed by atoms with Gasteiger partial charge in [-0.25, -0.2) is 13.2 Å². The van der Waals surface area contributed by atoms with Crippen molar-refractivity contribution in [1.29, 1.82) is 0 Å². The average molecular weight is 649 g/mol. The molecule has 4 rings (SSSR count). The Labute approximate surface area is 269 Å². The molecule has 0 bridgehead atoms. The van der Waals surface area contributed by atoms with Crippen LogP contribution in [0.3, 0.4) is 0 Å². The normalized spacial score (nSPS) is 16.2. The van der Waals surface area contributed by atoms with Gasteiger partial charge in [-0.3, -0.25) is 9.69 Å². The molecular weight excluding hydrogens is 597 g/mol. The Bertz CT molecular complexity index is 1260. The molecule has 1 unspecified atom stereocenters. The van der Waals surface area contributed by atoms with Gasteiger partial charge < -0.3 is 15.2 Å². The lowest BCUT2D eigenvalue weighted by Gasteiger charge is -2.19. The Balaban J connectivity index is 0.000000397. The van der Waals surface area contributed by atoms with Crippen LogP contribution in [0.1, 0.15) is 72.9 Å². The molecule has 2 aromatic rings. The molecule has 2 aromatic carbocycles. The van der Waals surface area contributed by atoms with Crippen LogP contribution < -0.4 is 5.32 Å². The Hall–Kier alpha value is -2.40. The first-order chi connectivity index (χ1) is 20.9. The summed E-state index contributed by atoms with van der Waals surface area (Å²) < 4.78 is 24.3. The number of carbonyl (C=O) groups excluding carboxylic acids is 1. The van der Waals surface area contributed by atoms with Gasteiger partial charge >= 0.3 is 5.97 Å². The van der Waals surface area contributed by atoms with Crippen molar-refractivity contribution in [2.75, 3.05) is 51.3 Å². The molecule has 1 saturated carbocycles. The van der Waals surface area contributed by atoms with Gasteiger partial charge in [0.1, 0.15) is 15.9 Å². The number of nitrogens with one attached hydrogen (secondary N) is 1. The fourth-order valence-corrected chi connectivity index (χ4v) is 5.97. The number of benzene rings is 2. The highest BCUT2D eigenvalue weighted by Gasteiger charge is 2.23. The summed E-state index contributed by atoms with van der Waals surface area (Å²) in [5.74, 6) is 0.218. The number of amides is 1. The highest BCUT2D eigenvalue weighted by molar-refractivity contribution is 7.98. The summed E-state index contributed by atoms with van der Waals surface area (Å²) in [5, 5.41) is 12.2. The van der Waals surface area contributed by atoms with Crippen molar-refractivity contribution in [3.05, 3.63) is 59.2 Å². The number of likely N-dealkylation sites (tertiary alicyclic amines) is 1. The number of hydrogen-bond acceptors (Lipinski definition) is 7. The summed E-state index contributed by atoms with van der Waals surface area (Å²) in [6.45, 7) is 6.10. The predicted octanol–water partition coefficient (Wildman–Crippen LogP) is 6.07. The number of sulfone groups is 1. The minimum Gasteiger partial charge on any atom is -0.480 e. The topological polar surface area (TPSA) is 113 Å². The molecule has 1 atom stereocenters. The Kier molecular flexibility index (Phi) is 17.1. The first kappa shape index (κ1) is 37.8. The fourth-order valence-electron chi connectivity index (χ4n) is 5.50. The van der Waals surface area contributed by atoms with Crippen molar-refractivity contribution in [2.24, 2.45) is 5.92 Å². The Morgan fingerprint density at radius 3 is 2.23 bits per heavy atom. The zero-order valence-corrected chi connectivity index (χ0v) is 28.8. The number of aliphatic carboxylic acids is 1. The predicted molar refractivity (Wildman–Crippen MR) is 182 cm³/mol. The number of methoxy groups -OCH3 is 1. The van der Waals surface area contributed by atoms with Gasteiger partial charge in [-0.2, -0.15) is 11.8 Å². The molecule has 2 fully saturated rings. The number of thioether (sulfide) groups is 1. The summed E-state index contributed by atoms with van der Waals surface area (Å²) in [6, 6.07) is 13.0. The van der Waals surface area contributed by atoms with E-state index in [2.05, 4.69) is 16.3 Å². The van der Waals surface area contributed by atoms with Crippen molar-refractivity contribution in [3.63, 3.8) is 0 Å². The van der Waals surface area contributed by atoms with E-state index in [1.807, 2.05) is 49.6 Å². The Morgan fingerprint density at radius 2 is 1.66 bits per heavy atom. The lowest BCUT2D eigenvalue weighted by atomic mass is 9.90. The molecule has 1 aliphatic carbocycles. The van der Waals surface area contributed by atoms with Crippen molar-refractivity contribution in [3.8, 4) is 11.1 Å². The van der Waals surface area contributed by atoms with E-state index < -0.39 is 21.8 Å². The molecule has 1 aliphatic heterocycles. The zero-order chi connectivity index (χ0) is 32.5. The molecule has 246 valence electrons. The number of aryl methyl sites for hydroxylation is 1. The molecule has 2 aliphatic rings. The second kappa shape index (κ2) is 19.9. The summed E-state index contributed by atoms with van der Waals surface area (Å²) in [5.41, 5.74) is 4.63. The summed E-state index contributed by atoms with van der Waals surface area (Å²) >= 11 is 1.57. The number of ether oxygens (including phenoxy) is 1. The molecule has 0 spiro atoms. The molecular formula is C34H52N2O6S2. The number of rotatable bonds is 11. The molecule has 1 heterocycles. The first-order valence-corrected chi connectivity index (χ1v) is 19.2. The van der Waals surface area contributed by atoms with E-state index in [-0.39, 0.29) is 5.91 Å². The standard InChI is InChI=1S/C24H30N2O3S.C8H16O.C2H6O2S/c1-17-7-3-4-8-19(17)21-15-18(16-26-12-5-6-13-26)9-10-20(21)23(27)25-22(24(28)29)11-14-30-2;1-9-7-8-5-3-2-4-6-8;1-5(2,3)4/h3-4,7-10,15,22H,5-6,11-14,16H2,1-2H3,(H,25,27)(H,28,29);8H,2-7H2,1H3;1-2H3. The smallest absolute Gasteiger partial charge is 0.326 e. The van der Waals surface area contributed by atoms with Crippen molar-refractivity contribution < 1.29 is 27.9 Å². The Morgan fingerprint density at radius 1 is 1.02 bits per heavy atom. The van der Waals surface area contributed by atoms with Crippen LogP contribution in [0.5, 0.6) is 0 Å². The molecule has 1 saturated heterocycles. The largest absolute Gasteiger partial charge is 0.480 e. The monoisotopic (exact) mass is 648 g/mol. The van der Waals surface area contributed by atoms with Gasteiger partial charge in [0.2, 0.25) is 0 Å². The maximum absolute atomic E-state index is 13.1. The number of hydrogen-bond donors (Lipinski definition) is 2. The third-order valence-electron chi connectivity index (χ3n) is 7.71. The van der Waals surface area contributed by atoms with Gasteiger partial charge in [0, 0.05) is 38.3 Å². The maximum atomic E-state index is 13.1. The van der Waals surface area contributed by atoms with Crippen molar-refractivity contribution in [2.45, 2.75) is 70.9 Å². The summed E-state index contributed by atoms with van der Waals surface area (Å²) in [4.78, 5) is 27.1. The number of carboxylic acids is 1. The van der Waals surface area contributed by atoms with E-state index >= 15 is 0 Å². The molecule has 10 heteroatoms. The lowest BCUT2D eigenvalue weighted by molar-refractivity contribution is -0.139. The molecule has 2 N–H and O–H groups in total. The van der Waals surface area contributed by atoms with Crippen molar-refractivity contribution >= 4 is 33.5 Å². The van der Waals surface area contributed by atoms with Gasteiger partial charge in [-0.1, -0.05) is 49.6 Å². The summed E-state index contributed by atoms with van der Waals surface area (Å²) in [7, 11) is -0.866. The van der Waals surface area contributed by atoms with Gasteiger partial charge in [-0.15, -0.1) is 0 Å². The van der Waals surface area contributed by atoms with Crippen LogP contribution in [-0.2, 0) is 25.9 Å². The minimum atomic E-state index is -2.67. The van der Waals surface area contributed by atoms with Crippen LogP contribution in [0, 0.1) is 12.8 Å². The zero-order valence-electron chi connectivity index (χ0n) is 27.1. The van der Waals surface area contributed by atoms with Crippen LogP contribution in [0.2, 0.25) is 0 Å². The average Bonchev–Trinajstić information content (AvgIpc) is 3.48. The third kappa shape index (κ3) is 14.6. The SMILES string of the molecule is COCC1CCCCC1.CS(C)(=O)=O.CSCCC(NC(=O)c1ccc(CN2CCCC2)cc1-c1ccccc1C)C(=O)O. The second-order valence-electron chi connectivity index (χ2n) is 11.9. The molecule has 1 amide bonds. The molecule has 0 radical (unpaired) electrons. The highest BCUT2D eigenvalue weighted by atomic mass is 32.2. The third-order valence-corrected chi connectivity index (χ3v) is 8.35. The molecule has 0 aromatic heterocycles. The molecule has 8 nitrogen and oxygen atoms in total. The van der Waals surface area contributed by atoms with Gasteiger partial charge in [-0.05, 0) is 104 Å². The second-order valence-corrected chi connectivity index (χ2v) is 15.2. The quantitative estimate of drug-likeness (QED) is 0.302. The molecule has 44 heavy (non-hydrogen) atoms. The van der Waals surface area contributed by atoms with Crippen LogP contribution >= 0.6 is 11.8 Å². The highest BCUT2D eigenvalue weighted by Crippen LogP contribution is 2.29. The lowest BCUT2D eigenvalue weighted by Crippen LogP contribution is -2.41. The van der Waals surface area contributed by atoms with Crippen LogP contribution in [-0.4, -0.2) is 87.7 Å². The van der Waals surface area contributed by atoms with E-state index in [4.69, 9.17) is 4.74 Å². The van der Waals surface area contributed by atoms with Gasteiger partial charge in [0.15, 0.2) is 0 Å². The van der Waals surface area contributed by atoms with Crippen LogP contribution in [0.4, 0.5) is 0 Å². The maximum Gasteiger partial charge on any atom is 0.326 e. The minimum absolute atomic E-state index is 0.338. The summed E-state index contributed by atoms with van der Waals surface area (Å²) in [6.07, 6.45) is 14.2. The van der Waals surface area contributed by atoms with E-state index in [1.165, 1.54) is 50.5 Å². The van der Waals surface area contributed by atoms with Gasteiger partial charge in [0.25, 0.3) is 5.91 Å². The van der Waals surface area contributed by atoms with Crippen molar-refractivity contribution in [1.82, 2.24) is 10.2 Å². The van der Waals surface area contributed by atoms with E-state index in [9.17, 15) is 23.1 Å². The first-order valence-electron chi connectivity index (χ1n) is 15.5. The van der Waals surface area contributed by atoms with E-state index in [0.717, 1.165) is 61.4 Å². The van der Waals surface area contributed by atoms with E-state index in [1.54, 1.807) is 18.9 Å². The van der Waals surface area contributed by atoms with Gasteiger partial charge in [0.05, 0.1) is 0 Å². The van der Waals surface area contributed by atoms with E-state index in [0.29, 0.717) is 17.7 Å². The number of carbonyl (C=O) groups is 2. The van der Waals surface area contributed by atoms with Crippen LogP contribution in [0.25, 0.3) is 11.1 Å².